The fourth-order valence-electron chi connectivity index (χ4n) is 3.57. The average molecular weight is 342 g/mol. The van der Waals surface area contributed by atoms with E-state index < -0.39 is 0 Å². The molecule has 1 aliphatic heterocycles. The number of nitrogens with two attached hydrogens (primary N) is 1. The summed E-state index contributed by atoms with van der Waals surface area (Å²) in [7, 11) is 1.87. The van der Waals surface area contributed by atoms with E-state index in [1.54, 1.807) is 0 Å². The Morgan fingerprint density at radius 3 is 2.64 bits per heavy atom. The third-order valence-corrected chi connectivity index (χ3v) is 5.25. The van der Waals surface area contributed by atoms with E-state index in [0.29, 0.717) is 0 Å². The predicted octanol–water partition coefficient (Wildman–Crippen LogP) is 1.88. The summed E-state index contributed by atoms with van der Waals surface area (Å²) in [6.45, 7) is 3.81. The van der Waals surface area contributed by atoms with Gasteiger partial charge in [0.2, 0.25) is 11.8 Å². The van der Waals surface area contributed by atoms with Crippen molar-refractivity contribution in [3.05, 3.63) is 36.0 Å². The van der Waals surface area contributed by atoms with Gasteiger partial charge in [0.25, 0.3) is 0 Å². The number of H-pyrrole nitrogens is 1. The molecule has 1 aromatic carbocycles. The number of benzene rings is 1. The molecule has 3 rings (SSSR count). The zero-order chi connectivity index (χ0) is 18.0. The van der Waals surface area contributed by atoms with Crippen LogP contribution in [0.2, 0.25) is 0 Å². The van der Waals surface area contributed by atoms with Crippen molar-refractivity contribution < 1.29 is 9.59 Å². The number of carbonyl (C=O) groups is 2. The van der Waals surface area contributed by atoms with Crippen molar-refractivity contribution in [2.75, 3.05) is 26.7 Å². The highest BCUT2D eigenvalue weighted by Crippen LogP contribution is 2.26. The lowest BCUT2D eigenvalue weighted by atomic mass is 9.94. The summed E-state index contributed by atoms with van der Waals surface area (Å²) in [5.74, 6) is -0.125. The largest absolute Gasteiger partial charge is 0.369 e. The number of rotatable bonds is 5. The average Bonchev–Trinajstić information content (AvgIpc) is 3.04. The van der Waals surface area contributed by atoms with Gasteiger partial charge in [0.05, 0.1) is 12.6 Å². The maximum atomic E-state index is 12.9. The highest BCUT2D eigenvalue weighted by molar-refractivity contribution is 5.82. The Morgan fingerprint density at radius 2 is 2.00 bits per heavy atom. The van der Waals surface area contributed by atoms with Crippen LogP contribution in [0.25, 0.3) is 10.9 Å². The highest BCUT2D eigenvalue weighted by atomic mass is 16.2. The zero-order valence-corrected chi connectivity index (χ0v) is 14.9. The number of aromatic nitrogens is 1. The van der Waals surface area contributed by atoms with Gasteiger partial charge in [0.15, 0.2) is 0 Å². The third kappa shape index (κ3) is 3.85. The van der Waals surface area contributed by atoms with E-state index >= 15 is 0 Å². The molecule has 6 heteroatoms. The minimum Gasteiger partial charge on any atom is -0.369 e. The molecule has 134 valence electrons. The van der Waals surface area contributed by atoms with Crippen molar-refractivity contribution in [2.24, 2.45) is 11.7 Å². The maximum Gasteiger partial charge on any atom is 0.231 e. The zero-order valence-electron chi connectivity index (χ0n) is 14.9. The first kappa shape index (κ1) is 17.5. The number of amides is 2. The Hall–Kier alpha value is -2.34. The molecule has 1 saturated heterocycles. The molecule has 0 bridgehead atoms. The van der Waals surface area contributed by atoms with Crippen molar-refractivity contribution in [2.45, 2.75) is 25.8 Å². The summed E-state index contributed by atoms with van der Waals surface area (Å²) < 4.78 is 0. The molecule has 0 radical (unpaired) electrons. The van der Waals surface area contributed by atoms with Crippen LogP contribution in [0.3, 0.4) is 0 Å². The van der Waals surface area contributed by atoms with E-state index in [4.69, 9.17) is 5.73 Å². The van der Waals surface area contributed by atoms with Gasteiger partial charge in [-0.05, 0) is 50.4 Å². The van der Waals surface area contributed by atoms with E-state index in [1.807, 2.05) is 42.0 Å². The second-order valence-corrected chi connectivity index (χ2v) is 6.95. The molecule has 0 saturated carbocycles. The number of likely N-dealkylation sites (tertiary alicyclic amines) is 1. The van der Waals surface area contributed by atoms with Crippen LogP contribution in [0.4, 0.5) is 0 Å². The van der Waals surface area contributed by atoms with Crippen molar-refractivity contribution in [1.29, 1.82) is 0 Å². The second-order valence-electron chi connectivity index (χ2n) is 6.95. The highest BCUT2D eigenvalue weighted by Gasteiger charge is 2.30. The molecular formula is C19H26N4O2. The van der Waals surface area contributed by atoms with Crippen molar-refractivity contribution in [3.8, 4) is 0 Å². The summed E-state index contributed by atoms with van der Waals surface area (Å²) in [5.41, 5.74) is 7.38. The van der Waals surface area contributed by atoms with Gasteiger partial charge in [0, 0.05) is 24.2 Å². The number of primary amides is 1. The summed E-state index contributed by atoms with van der Waals surface area (Å²) >= 11 is 0. The smallest absolute Gasteiger partial charge is 0.231 e. The van der Waals surface area contributed by atoms with Crippen molar-refractivity contribution in [3.63, 3.8) is 0 Å². The van der Waals surface area contributed by atoms with Gasteiger partial charge in [-0.15, -0.1) is 0 Å². The molecule has 6 nitrogen and oxygen atoms in total. The number of para-hydroxylation sites is 1. The summed E-state index contributed by atoms with van der Waals surface area (Å²) in [4.78, 5) is 31.1. The molecule has 2 amide bonds. The van der Waals surface area contributed by atoms with Crippen LogP contribution >= 0.6 is 0 Å². The van der Waals surface area contributed by atoms with Gasteiger partial charge >= 0.3 is 0 Å². The van der Waals surface area contributed by atoms with Crippen LogP contribution in [0.1, 0.15) is 31.5 Å². The summed E-state index contributed by atoms with van der Waals surface area (Å²) in [6, 6.07) is 10.2. The molecular weight excluding hydrogens is 316 g/mol. The van der Waals surface area contributed by atoms with Gasteiger partial charge in [0.1, 0.15) is 0 Å². The normalized spacial score (nSPS) is 17.5. The lowest BCUT2D eigenvalue weighted by Crippen LogP contribution is -2.44. The van der Waals surface area contributed by atoms with E-state index in [-0.39, 0.29) is 30.3 Å². The fourth-order valence-corrected chi connectivity index (χ4v) is 3.57. The van der Waals surface area contributed by atoms with Crippen LogP contribution in [-0.4, -0.2) is 53.3 Å². The Labute approximate surface area is 148 Å². The van der Waals surface area contributed by atoms with Gasteiger partial charge in [-0.2, -0.15) is 0 Å². The quantitative estimate of drug-likeness (QED) is 0.870. The lowest BCUT2D eigenvalue weighted by Gasteiger charge is -2.34. The predicted molar refractivity (Wildman–Crippen MR) is 97.8 cm³/mol. The molecule has 2 aromatic rings. The standard InChI is InChI=1S/C19H26N4O2/c1-13(17-11-15-5-3-4-6-16(15)21-17)22(2)19(25)14-7-9-23(10-8-14)12-18(20)24/h3-6,11,13-14,21H,7-10,12H2,1-2H3,(H2,20,24)/t13-/m1/s1. The van der Waals surface area contributed by atoms with Gasteiger partial charge in [-0.25, -0.2) is 0 Å². The van der Waals surface area contributed by atoms with Gasteiger partial charge in [-0.3, -0.25) is 14.5 Å². The van der Waals surface area contributed by atoms with Crippen LogP contribution in [0, 0.1) is 5.92 Å². The Bertz CT molecular complexity index is 729. The summed E-state index contributed by atoms with van der Waals surface area (Å²) in [6.07, 6.45) is 1.55. The van der Waals surface area contributed by atoms with Crippen molar-refractivity contribution >= 4 is 22.7 Å². The van der Waals surface area contributed by atoms with Gasteiger partial charge in [-0.1, -0.05) is 18.2 Å². The molecule has 3 N–H and O–H groups in total. The molecule has 0 spiro atoms. The lowest BCUT2D eigenvalue weighted by molar-refractivity contribution is -0.137. The number of hydrogen-bond acceptors (Lipinski definition) is 3. The molecule has 0 aliphatic carbocycles. The minimum atomic E-state index is -0.311. The number of hydrogen-bond donors (Lipinski definition) is 2. The van der Waals surface area contributed by atoms with E-state index in [1.165, 1.54) is 0 Å². The van der Waals surface area contributed by atoms with Crippen LogP contribution in [0.5, 0.6) is 0 Å². The SMILES string of the molecule is C[C@H](c1cc2ccccc2[nH]1)N(C)C(=O)C1CCN(CC(N)=O)CC1. The first-order valence-electron chi connectivity index (χ1n) is 8.80. The molecule has 1 fully saturated rings. The number of aromatic amines is 1. The van der Waals surface area contributed by atoms with Crippen LogP contribution in [0.15, 0.2) is 30.3 Å². The Kier molecular flexibility index (Phi) is 5.08. The molecule has 0 unspecified atom stereocenters. The molecule has 2 heterocycles. The van der Waals surface area contributed by atoms with E-state index in [0.717, 1.165) is 42.5 Å². The number of piperidine rings is 1. The maximum absolute atomic E-state index is 12.9. The summed E-state index contributed by atoms with van der Waals surface area (Å²) in [5, 5.41) is 1.16. The number of fused-ring (bicyclic) bond motifs is 1. The topological polar surface area (TPSA) is 82.4 Å². The van der Waals surface area contributed by atoms with Gasteiger partial charge < -0.3 is 15.6 Å². The first-order valence-corrected chi connectivity index (χ1v) is 8.80. The van der Waals surface area contributed by atoms with E-state index in [9.17, 15) is 9.59 Å². The number of nitrogens with zero attached hydrogens (tertiary/aromatic N) is 2. The minimum absolute atomic E-state index is 0.0106. The first-order chi connectivity index (χ1) is 12.0. The molecule has 1 aliphatic rings. The second kappa shape index (κ2) is 7.27. The van der Waals surface area contributed by atoms with Crippen LogP contribution < -0.4 is 5.73 Å². The van der Waals surface area contributed by atoms with Crippen molar-refractivity contribution in [1.82, 2.24) is 14.8 Å². The number of nitrogens with one attached hydrogen (secondary N) is 1. The number of carbonyl (C=O) groups excluding carboxylic acids is 2. The van der Waals surface area contributed by atoms with E-state index in [2.05, 4.69) is 17.1 Å². The molecule has 1 atom stereocenters. The molecule has 25 heavy (non-hydrogen) atoms. The monoisotopic (exact) mass is 342 g/mol. The van der Waals surface area contributed by atoms with Crippen LogP contribution in [-0.2, 0) is 9.59 Å². The Balaban J connectivity index is 1.63. The molecule has 1 aromatic heterocycles. The fraction of sp³-hybridized carbons (Fsp3) is 0.474. The Morgan fingerprint density at radius 1 is 1.32 bits per heavy atom. The third-order valence-electron chi connectivity index (χ3n) is 5.25.